The van der Waals surface area contributed by atoms with Gasteiger partial charge in [0.2, 0.25) is 0 Å². The summed E-state index contributed by atoms with van der Waals surface area (Å²) in [7, 11) is 1.66. The highest BCUT2D eigenvalue weighted by Gasteiger charge is 2.13. The molecule has 0 spiro atoms. The first-order valence-electron chi connectivity index (χ1n) is 9.37. The van der Waals surface area contributed by atoms with Crippen molar-refractivity contribution in [3.63, 3.8) is 0 Å². The Balaban J connectivity index is 1.73. The van der Waals surface area contributed by atoms with Crippen LogP contribution in [0.15, 0.2) is 60.7 Å². The smallest absolute Gasteiger partial charge is 0.274 e. The van der Waals surface area contributed by atoms with Crippen molar-refractivity contribution < 1.29 is 14.3 Å². The zero-order chi connectivity index (χ0) is 20.5. The number of rotatable bonds is 9. The van der Waals surface area contributed by atoms with Gasteiger partial charge in [-0.05, 0) is 37.6 Å². The van der Waals surface area contributed by atoms with Crippen molar-refractivity contribution in [1.29, 1.82) is 0 Å². The summed E-state index contributed by atoms with van der Waals surface area (Å²) >= 11 is 0. The van der Waals surface area contributed by atoms with Crippen LogP contribution >= 0.6 is 0 Å². The molecule has 0 aliphatic rings. The quantitative estimate of drug-likeness (QED) is 0.529. The Bertz CT molecular complexity index is 948. The third kappa shape index (κ3) is 6.02. The van der Waals surface area contributed by atoms with Gasteiger partial charge in [0, 0.05) is 26.3 Å². The van der Waals surface area contributed by atoms with E-state index < -0.39 is 0 Å². The van der Waals surface area contributed by atoms with Crippen molar-refractivity contribution in [2.75, 3.05) is 30.9 Å². The van der Waals surface area contributed by atoms with E-state index in [0.717, 1.165) is 6.42 Å². The second kappa shape index (κ2) is 10.2. The van der Waals surface area contributed by atoms with Gasteiger partial charge in [-0.2, -0.15) is 0 Å². The van der Waals surface area contributed by atoms with E-state index >= 15 is 0 Å². The summed E-state index contributed by atoms with van der Waals surface area (Å²) in [5, 5.41) is 6.06. The molecular weight excluding hydrogens is 368 g/mol. The van der Waals surface area contributed by atoms with Gasteiger partial charge in [-0.1, -0.05) is 30.3 Å². The summed E-state index contributed by atoms with van der Waals surface area (Å²) in [5.74, 6) is 2.03. The van der Waals surface area contributed by atoms with E-state index in [1.807, 2.05) is 42.5 Å². The van der Waals surface area contributed by atoms with Gasteiger partial charge in [0.05, 0.1) is 5.69 Å². The maximum Gasteiger partial charge on any atom is 0.274 e. The zero-order valence-electron chi connectivity index (χ0n) is 16.5. The highest BCUT2D eigenvalue weighted by molar-refractivity contribution is 6.04. The molecule has 150 valence electrons. The Morgan fingerprint density at radius 2 is 1.79 bits per heavy atom. The minimum atomic E-state index is -0.334. The summed E-state index contributed by atoms with van der Waals surface area (Å²) in [5.41, 5.74) is 0.841. The summed E-state index contributed by atoms with van der Waals surface area (Å²) in [6.07, 6.45) is 0.839. The topological polar surface area (TPSA) is 85.4 Å². The Kier molecular flexibility index (Phi) is 7.13. The van der Waals surface area contributed by atoms with Crippen LogP contribution in [0, 0.1) is 6.92 Å². The lowest BCUT2D eigenvalue weighted by atomic mass is 10.2. The molecule has 1 amide bonds. The van der Waals surface area contributed by atoms with Gasteiger partial charge < -0.3 is 20.1 Å². The minimum absolute atomic E-state index is 0.279. The lowest BCUT2D eigenvalue weighted by molar-refractivity contribution is 0.102. The number of para-hydroxylation sites is 3. The standard InChI is InChI=1S/C22H24N4O3/c1-16-24-19(15-21(25-16)23-13-8-14-28-2)22(27)26-18-11-6-7-12-20(18)29-17-9-4-3-5-10-17/h3-7,9-12,15H,8,13-14H2,1-2H3,(H,26,27)(H,23,24,25). The molecule has 7 nitrogen and oxygen atoms in total. The molecule has 2 aromatic carbocycles. The Hall–Kier alpha value is -3.45. The molecule has 0 atom stereocenters. The number of nitrogens with zero attached hydrogens (tertiary/aromatic N) is 2. The van der Waals surface area contributed by atoms with Gasteiger partial charge in [-0.25, -0.2) is 9.97 Å². The van der Waals surface area contributed by atoms with Crippen LogP contribution in [0.1, 0.15) is 22.7 Å². The van der Waals surface area contributed by atoms with E-state index in [0.29, 0.717) is 42.0 Å². The van der Waals surface area contributed by atoms with Crippen molar-refractivity contribution >= 4 is 17.4 Å². The molecule has 0 radical (unpaired) electrons. The molecule has 3 aromatic rings. The molecule has 0 fully saturated rings. The molecule has 1 heterocycles. The van der Waals surface area contributed by atoms with E-state index in [-0.39, 0.29) is 11.6 Å². The highest BCUT2D eigenvalue weighted by atomic mass is 16.5. The fraction of sp³-hybridized carbons (Fsp3) is 0.227. The second-order valence-electron chi connectivity index (χ2n) is 6.32. The number of anilines is 2. The summed E-state index contributed by atoms with van der Waals surface area (Å²) in [6, 6.07) is 18.3. The van der Waals surface area contributed by atoms with Crippen LogP contribution < -0.4 is 15.4 Å². The van der Waals surface area contributed by atoms with Gasteiger partial charge >= 0.3 is 0 Å². The second-order valence-corrected chi connectivity index (χ2v) is 6.32. The number of amides is 1. The Labute approximate surface area is 170 Å². The van der Waals surface area contributed by atoms with Crippen molar-refractivity contribution in [2.24, 2.45) is 0 Å². The van der Waals surface area contributed by atoms with Gasteiger partial charge in [-0.15, -0.1) is 0 Å². The molecule has 1 aromatic heterocycles. The fourth-order valence-corrected chi connectivity index (χ4v) is 2.67. The number of nitrogens with one attached hydrogen (secondary N) is 2. The van der Waals surface area contributed by atoms with Gasteiger partial charge in [0.15, 0.2) is 5.75 Å². The number of benzene rings is 2. The maximum absolute atomic E-state index is 12.8. The number of aryl methyl sites for hydroxylation is 1. The molecule has 2 N–H and O–H groups in total. The minimum Gasteiger partial charge on any atom is -0.455 e. The average molecular weight is 392 g/mol. The first-order chi connectivity index (χ1) is 14.2. The molecule has 7 heteroatoms. The molecule has 0 bridgehead atoms. The number of carbonyl (C=O) groups excluding carboxylic acids is 1. The normalized spacial score (nSPS) is 10.4. The van der Waals surface area contributed by atoms with Crippen LogP contribution in [0.4, 0.5) is 11.5 Å². The monoisotopic (exact) mass is 392 g/mol. The number of ether oxygens (including phenoxy) is 2. The van der Waals surface area contributed by atoms with Crippen LogP contribution in [0.3, 0.4) is 0 Å². The van der Waals surface area contributed by atoms with Crippen molar-refractivity contribution in [3.05, 3.63) is 72.2 Å². The van der Waals surface area contributed by atoms with Crippen LogP contribution in [0.25, 0.3) is 0 Å². The van der Waals surface area contributed by atoms with Crippen LogP contribution in [0.5, 0.6) is 11.5 Å². The molecular formula is C22H24N4O3. The fourth-order valence-electron chi connectivity index (χ4n) is 2.67. The van der Waals surface area contributed by atoms with E-state index in [4.69, 9.17) is 9.47 Å². The average Bonchev–Trinajstić information content (AvgIpc) is 2.73. The first-order valence-corrected chi connectivity index (χ1v) is 9.37. The number of methoxy groups -OCH3 is 1. The van der Waals surface area contributed by atoms with Crippen molar-refractivity contribution in [3.8, 4) is 11.5 Å². The van der Waals surface area contributed by atoms with Crippen LogP contribution in [-0.4, -0.2) is 36.1 Å². The molecule has 3 rings (SSSR count). The largest absolute Gasteiger partial charge is 0.455 e. The van der Waals surface area contributed by atoms with Crippen LogP contribution in [0.2, 0.25) is 0 Å². The molecule has 0 aliphatic carbocycles. The van der Waals surface area contributed by atoms with Crippen molar-refractivity contribution in [1.82, 2.24) is 9.97 Å². The van der Waals surface area contributed by atoms with E-state index in [1.165, 1.54) is 0 Å². The van der Waals surface area contributed by atoms with Crippen LogP contribution in [-0.2, 0) is 4.74 Å². The third-order valence-corrected chi connectivity index (χ3v) is 4.01. The predicted molar refractivity (Wildman–Crippen MR) is 113 cm³/mol. The van der Waals surface area contributed by atoms with Crippen molar-refractivity contribution in [2.45, 2.75) is 13.3 Å². The lowest BCUT2D eigenvalue weighted by Crippen LogP contribution is -2.16. The molecule has 29 heavy (non-hydrogen) atoms. The molecule has 0 aliphatic heterocycles. The van der Waals surface area contributed by atoms with Gasteiger partial charge in [-0.3, -0.25) is 4.79 Å². The maximum atomic E-state index is 12.8. The molecule has 0 saturated heterocycles. The molecule has 0 saturated carbocycles. The summed E-state index contributed by atoms with van der Waals surface area (Å²) in [4.78, 5) is 21.4. The zero-order valence-corrected chi connectivity index (χ0v) is 16.5. The number of carbonyl (C=O) groups is 1. The van der Waals surface area contributed by atoms with E-state index in [1.54, 1.807) is 32.2 Å². The SMILES string of the molecule is COCCCNc1cc(C(=O)Nc2ccccc2Oc2ccccc2)nc(C)n1. The third-order valence-electron chi connectivity index (χ3n) is 4.01. The lowest BCUT2D eigenvalue weighted by Gasteiger charge is -2.13. The first kappa shape index (κ1) is 20.3. The Morgan fingerprint density at radius 3 is 2.59 bits per heavy atom. The van der Waals surface area contributed by atoms with Gasteiger partial charge in [0.1, 0.15) is 23.1 Å². The Morgan fingerprint density at radius 1 is 1.03 bits per heavy atom. The van der Waals surface area contributed by atoms with E-state index in [2.05, 4.69) is 20.6 Å². The number of hydrogen-bond donors (Lipinski definition) is 2. The van der Waals surface area contributed by atoms with Gasteiger partial charge in [0.25, 0.3) is 5.91 Å². The number of aromatic nitrogens is 2. The summed E-state index contributed by atoms with van der Waals surface area (Å²) < 4.78 is 10.9. The summed E-state index contributed by atoms with van der Waals surface area (Å²) in [6.45, 7) is 3.10. The van der Waals surface area contributed by atoms with E-state index in [9.17, 15) is 4.79 Å². The number of hydrogen-bond acceptors (Lipinski definition) is 6. The molecule has 0 unspecified atom stereocenters. The highest BCUT2D eigenvalue weighted by Crippen LogP contribution is 2.29. The predicted octanol–water partition coefficient (Wildman–Crippen LogP) is 4.28.